The second-order valence-electron chi connectivity index (χ2n) is 5.63. The predicted molar refractivity (Wildman–Crippen MR) is 84.1 cm³/mol. The number of carbonyl (C=O) groups is 3. The summed E-state index contributed by atoms with van der Waals surface area (Å²) in [6.45, 7) is 2.03. The van der Waals surface area contributed by atoms with Crippen molar-refractivity contribution in [3.8, 4) is 0 Å². The molecule has 2 rings (SSSR count). The fourth-order valence-electron chi connectivity index (χ4n) is 2.16. The zero-order valence-corrected chi connectivity index (χ0v) is 12.6. The Hall–Kier alpha value is -2.37. The minimum Gasteiger partial charge on any atom is -0.369 e. The number of carbonyl (C=O) groups excluding carboxylic acids is 3. The lowest BCUT2D eigenvalue weighted by atomic mass is 10.1. The van der Waals surface area contributed by atoms with Gasteiger partial charge in [0.25, 0.3) is 0 Å². The third kappa shape index (κ3) is 3.63. The summed E-state index contributed by atoms with van der Waals surface area (Å²) in [4.78, 5) is 34.9. The molecule has 0 aliphatic heterocycles. The van der Waals surface area contributed by atoms with E-state index in [2.05, 4.69) is 10.6 Å². The number of anilines is 2. The van der Waals surface area contributed by atoms with Crippen LogP contribution in [-0.4, -0.2) is 17.7 Å². The first kappa shape index (κ1) is 16.0. The van der Waals surface area contributed by atoms with E-state index in [-0.39, 0.29) is 11.8 Å². The molecule has 0 spiro atoms. The molecule has 0 aromatic heterocycles. The van der Waals surface area contributed by atoms with Crippen LogP contribution in [0.2, 0.25) is 0 Å². The molecule has 1 aliphatic rings. The van der Waals surface area contributed by atoms with Crippen molar-refractivity contribution in [3.05, 3.63) is 24.3 Å². The number of nitrogens with two attached hydrogens (primary N) is 1. The molecule has 1 aromatic rings. The molecule has 1 fully saturated rings. The lowest BCUT2D eigenvalue weighted by Crippen LogP contribution is -2.36. The molecule has 0 radical (unpaired) electrons. The average Bonchev–Trinajstić information content (AvgIpc) is 3.29. The van der Waals surface area contributed by atoms with Crippen LogP contribution < -0.4 is 16.4 Å². The standard InChI is InChI=1S/C16H21N3O3/c1-2-3-4-13(20)18-11-5-7-12(8-6-11)19-15(22)16(9-10-16)14(17)21/h5-8H,2-4,9-10H2,1H3,(H2,17,21)(H,18,20)(H,19,22). The van der Waals surface area contributed by atoms with Crippen LogP contribution in [-0.2, 0) is 14.4 Å². The zero-order valence-electron chi connectivity index (χ0n) is 12.6. The Balaban J connectivity index is 1.91. The van der Waals surface area contributed by atoms with Crippen molar-refractivity contribution in [1.82, 2.24) is 0 Å². The minimum absolute atomic E-state index is 0.0238. The number of amides is 3. The van der Waals surface area contributed by atoms with Gasteiger partial charge in [-0.2, -0.15) is 0 Å². The first-order valence-corrected chi connectivity index (χ1v) is 7.49. The Labute approximate surface area is 129 Å². The molecule has 1 aromatic carbocycles. The van der Waals surface area contributed by atoms with E-state index in [9.17, 15) is 14.4 Å². The van der Waals surface area contributed by atoms with Crippen LogP contribution in [0, 0.1) is 5.41 Å². The number of benzene rings is 1. The third-order valence-corrected chi connectivity index (χ3v) is 3.84. The molecule has 0 saturated heterocycles. The van der Waals surface area contributed by atoms with Crippen LogP contribution in [0.3, 0.4) is 0 Å². The van der Waals surface area contributed by atoms with Gasteiger partial charge in [0.15, 0.2) is 0 Å². The number of primary amides is 1. The van der Waals surface area contributed by atoms with Gasteiger partial charge in [-0.25, -0.2) is 0 Å². The van der Waals surface area contributed by atoms with Crippen LogP contribution in [0.4, 0.5) is 11.4 Å². The van der Waals surface area contributed by atoms with Gasteiger partial charge in [0.1, 0.15) is 5.41 Å². The predicted octanol–water partition coefficient (Wildman–Crippen LogP) is 2.02. The molecular formula is C16H21N3O3. The van der Waals surface area contributed by atoms with Gasteiger partial charge < -0.3 is 16.4 Å². The van der Waals surface area contributed by atoms with Crippen LogP contribution in [0.1, 0.15) is 39.0 Å². The summed E-state index contributed by atoms with van der Waals surface area (Å²) in [5.41, 5.74) is 5.47. The lowest BCUT2D eigenvalue weighted by molar-refractivity contribution is -0.132. The Kier molecular flexibility index (Phi) is 4.80. The first-order chi connectivity index (χ1) is 10.5. The molecule has 22 heavy (non-hydrogen) atoms. The van der Waals surface area contributed by atoms with Crippen molar-refractivity contribution in [2.45, 2.75) is 39.0 Å². The summed E-state index contributed by atoms with van der Waals surface area (Å²) in [5, 5.41) is 5.48. The van der Waals surface area contributed by atoms with Gasteiger partial charge in [0.05, 0.1) is 0 Å². The Morgan fingerprint density at radius 2 is 1.64 bits per heavy atom. The second-order valence-corrected chi connectivity index (χ2v) is 5.63. The molecule has 1 aliphatic carbocycles. The van der Waals surface area contributed by atoms with E-state index in [1.807, 2.05) is 6.92 Å². The largest absolute Gasteiger partial charge is 0.369 e. The summed E-state index contributed by atoms with van der Waals surface area (Å²) < 4.78 is 0. The van der Waals surface area contributed by atoms with Gasteiger partial charge in [-0.1, -0.05) is 13.3 Å². The summed E-state index contributed by atoms with van der Waals surface area (Å²) in [5.74, 6) is -0.964. The van der Waals surface area contributed by atoms with Gasteiger partial charge in [0.2, 0.25) is 17.7 Å². The highest BCUT2D eigenvalue weighted by Gasteiger charge is 2.55. The van der Waals surface area contributed by atoms with E-state index >= 15 is 0 Å². The van der Waals surface area contributed by atoms with Crippen molar-refractivity contribution >= 4 is 29.1 Å². The zero-order chi connectivity index (χ0) is 16.2. The summed E-state index contributed by atoms with van der Waals surface area (Å²) in [7, 11) is 0. The van der Waals surface area contributed by atoms with Crippen LogP contribution in [0.25, 0.3) is 0 Å². The number of unbranched alkanes of at least 4 members (excludes halogenated alkanes) is 1. The molecule has 0 atom stereocenters. The molecule has 4 N–H and O–H groups in total. The number of rotatable bonds is 7. The molecule has 0 unspecified atom stereocenters. The van der Waals surface area contributed by atoms with Crippen molar-refractivity contribution in [1.29, 1.82) is 0 Å². The molecule has 3 amide bonds. The van der Waals surface area contributed by atoms with E-state index in [4.69, 9.17) is 5.73 Å². The quantitative estimate of drug-likeness (QED) is 0.672. The van der Waals surface area contributed by atoms with Crippen molar-refractivity contribution < 1.29 is 14.4 Å². The number of hydrogen-bond acceptors (Lipinski definition) is 3. The number of nitrogens with one attached hydrogen (secondary N) is 2. The maximum absolute atomic E-state index is 12.0. The molecule has 6 heteroatoms. The summed E-state index contributed by atoms with van der Waals surface area (Å²) >= 11 is 0. The van der Waals surface area contributed by atoms with Crippen LogP contribution in [0.15, 0.2) is 24.3 Å². The number of hydrogen-bond donors (Lipinski definition) is 3. The van der Waals surface area contributed by atoms with Crippen LogP contribution >= 0.6 is 0 Å². The SMILES string of the molecule is CCCCC(=O)Nc1ccc(NC(=O)C2(C(N)=O)CC2)cc1. The third-order valence-electron chi connectivity index (χ3n) is 3.84. The van der Waals surface area contributed by atoms with Crippen molar-refractivity contribution in [2.75, 3.05) is 10.6 Å². The topological polar surface area (TPSA) is 101 Å². The highest BCUT2D eigenvalue weighted by molar-refractivity contribution is 6.12. The average molecular weight is 303 g/mol. The van der Waals surface area contributed by atoms with E-state index in [0.29, 0.717) is 30.6 Å². The molecule has 118 valence electrons. The fourth-order valence-corrected chi connectivity index (χ4v) is 2.16. The summed E-state index contributed by atoms with van der Waals surface area (Å²) in [6, 6.07) is 6.79. The molecule has 6 nitrogen and oxygen atoms in total. The fraction of sp³-hybridized carbons (Fsp3) is 0.438. The highest BCUT2D eigenvalue weighted by Crippen LogP contribution is 2.46. The van der Waals surface area contributed by atoms with Gasteiger partial charge in [-0.3, -0.25) is 14.4 Å². The minimum atomic E-state index is -1.03. The Morgan fingerprint density at radius 3 is 2.09 bits per heavy atom. The maximum atomic E-state index is 12.0. The first-order valence-electron chi connectivity index (χ1n) is 7.49. The van der Waals surface area contributed by atoms with Gasteiger partial charge in [-0.15, -0.1) is 0 Å². The molecule has 0 heterocycles. The van der Waals surface area contributed by atoms with Gasteiger partial charge >= 0.3 is 0 Å². The monoisotopic (exact) mass is 303 g/mol. The lowest BCUT2D eigenvalue weighted by Gasteiger charge is -2.12. The van der Waals surface area contributed by atoms with E-state index in [1.54, 1.807) is 24.3 Å². The smallest absolute Gasteiger partial charge is 0.240 e. The molecular weight excluding hydrogens is 282 g/mol. The normalized spacial score (nSPS) is 15.0. The maximum Gasteiger partial charge on any atom is 0.240 e. The Morgan fingerprint density at radius 1 is 1.09 bits per heavy atom. The van der Waals surface area contributed by atoms with E-state index in [1.165, 1.54) is 0 Å². The molecule has 1 saturated carbocycles. The van der Waals surface area contributed by atoms with Crippen LogP contribution in [0.5, 0.6) is 0 Å². The highest BCUT2D eigenvalue weighted by atomic mass is 16.2. The Bertz CT molecular complexity index is 577. The molecule has 0 bridgehead atoms. The van der Waals surface area contributed by atoms with Gasteiger partial charge in [-0.05, 0) is 43.5 Å². The van der Waals surface area contributed by atoms with Gasteiger partial charge in [0, 0.05) is 17.8 Å². The summed E-state index contributed by atoms with van der Waals surface area (Å²) in [6.07, 6.45) is 3.32. The van der Waals surface area contributed by atoms with E-state index < -0.39 is 11.3 Å². The second kappa shape index (κ2) is 6.60. The van der Waals surface area contributed by atoms with E-state index in [0.717, 1.165) is 12.8 Å². The van der Waals surface area contributed by atoms with Crippen molar-refractivity contribution in [3.63, 3.8) is 0 Å². The van der Waals surface area contributed by atoms with Crippen molar-refractivity contribution in [2.24, 2.45) is 11.1 Å².